The molecule has 6 aliphatic rings. The maximum atomic E-state index is 13.9. The number of carboxylic acid groups (broad SMARTS) is 1. The van der Waals surface area contributed by atoms with E-state index in [1.54, 1.807) is 66.6 Å². The van der Waals surface area contributed by atoms with Gasteiger partial charge in [-0.25, -0.2) is 34.3 Å². The van der Waals surface area contributed by atoms with Gasteiger partial charge in [0.25, 0.3) is 11.8 Å². The fourth-order valence-electron chi connectivity index (χ4n) is 12.4. The third-order valence-corrected chi connectivity index (χ3v) is 19.0. The van der Waals surface area contributed by atoms with Gasteiger partial charge in [-0.3, -0.25) is 19.6 Å². The van der Waals surface area contributed by atoms with E-state index in [4.69, 9.17) is 92.8 Å². The van der Waals surface area contributed by atoms with Crippen molar-refractivity contribution in [1.29, 1.82) is 0 Å². The van der Waals surface area contributed by atoms with Crippen LogP contribution in [0.25, 0.3) is 0 Å². The molecule has 6 aromatic carbocycles. The first-order valence-electron chi connectivity index (χ1n) is 31.0. The lowest BCUT2D eigenvalue weighted by atomic mass is 9.94. The van der Waals surface area contributed by atoms with Gasteiger partial charge in [-0.2, -0.15) is 15.3 Å². The van der Waals surface area contributed by atoms with Crippen molar-refractivity contribution in [3.05, 3.63) is 263 Å². The van der Waals surface area contributed by atoms with Crippen LogP contribution in [0.3, 0.4) is 0 Å². The van der Waals surface area contributed by atoms with Crippen LogP contribution in [0, 0.1) is 0 Å². The number of allylic oxidation sites excluding steroid dienone is 3. The number of nitrogens with zero attached hydrogens (tertiary/aromatic N) is 11. The van der Waals surface area contributed by atoms with Crippen molar-refractivity contribution in [3.8, 4) is 0 Å². The highest BCUT2D eigenvalue weighted by atomic mass is 35.5. The lowest BCUT2D eigenvalue weighted by Crippen LogP contribution is -2.44. The second-order valence-electron chi connectivity index (χ2n) is 22.8. The van der Waals surface area contributed by atoms with Crippen molar-refractivity contribution >= 4 is 145 Å². The van der Waals surface area contributed by atoms with Crippen LogP contribution >= 0.6 is 92.8 Å². The zero-order chi connectivity index (χ0) is 68.4. The van der Waals surface area contributed by atoms with E-state index >= 15 is 0 Å². The Kier molecular flexibility index (Phi) is 23.0. The molecule has 3 unspecified atom stereocenters. The van der Waals surface area contributed by atoms with Crippen molar-refractivity contribution in [2.75, 3.05) is 75.6 Å². The molecular weight excluding hydrogens is 1400 g/mol. The van der Waals surface area contributed by atoms with E-state index in [1.165, 1.54) is 12.1 Å². The molecule has 0 bridgehead atoms. The average molecular weight is 1470 g/mol. The highest BCUT2D eigenvalue weighted by Gasteiger charge is 2.41. The van der Waals surface area contributed by atoms with Gasteiger partial charge < -0.3 is 26.1 Å². The molecule has 6 aliphatic heterocycles. The van der Waals surface area contributed by atoms with Crippen LogP contribution in [0.15, 0.2) is 216 Å². The Morgan fingerprint density at radius 1 is 0.433 bits per heavy atom. The van der Waals surface area contributed by atoms with Crippen LogP contribution in [0.4, 0.5) is 34.5 Å². The number of hydrogen-bond acceptors (Lipinski definition) is 13. The molecule has 5 N–H and O–H groups in total. The normalized spacial score (nSPS) is 17.6. The molecular formula is C70H67Cl8N15O4. The van der Waals surface area contributed by atoms with E-state index in [0.717, 1.165) is 90.4 Å². The fraction of sp³-hybridized carbons (Fsp3) is 0.229. The van der Waals surface area contributed by atoms with Gasteiger partial charge >= 0.3 is 5.97 Å². The van der Waals surface area contributed by atoms with Crippen molar-refractivity contribution in [3.63, 3.8) is 0 Å². The molecule has 3 fully saturated rings. The Labute approximate surface area is 601 Å². The number of halogens is 8. The number of alkyl halides is 2. The molecule has 3 saturated heterocycles. The van der Waals surface area contributed by atoms with Gasteiger partial charge in [-0.1, -0.05) is 142 Å². The number of aliphatic carboxylic acids is 1. The number of carbonyl (C=O) groups is 3. The Balaban J connectivity index is 0.000000136. The summed E-state index contributed by atoms with van der Waals surface area (Å²) in [5, 5.41) is 45.2. The van der Waals surface area contributed by atoms with E-state index in [9.17, 15) is 19.5 Å². The summed E-state index contributed by atoms with van der Waals surface area (Å²) in [5.74, 6) is 1.27. The monoisotopic (exact) mass is 1460 g/mol. The standard InChI is InChI=1S/2C23H21Cl2N5O.C14H11Cl2N3O2.C9H12N2.CH2Cl2/c2*1-15-21(23(31)29-13-5-12-28(29)17-6-3-2-4-7-17)22(30-20(27-15)10-11-26-30)16-8-9-18(24)19(25)14-16;1-7-12(14(20)21)13(19-11(18-7)4-5-17-19)8-2-3-9(15)10(16)6-8;1-2-5-9(6-3-1)11-8-4-7-10-11;2-1-3/h2*2-4,6-11,14,22,27H,5,12-13H2,1H3;2-6,13,18H,1H3,(H,20,21);1-3,5-6,10H,4,7-8H2;1H2. The Morgan fingerprint density at radius 2 is 0.773 bits per heavy atom. The van der Waals surface area contributed by atoms with E-state index in [0.29, 0.717) is 65.6 Å². The van der Waals surface area contributed by atoms with Gasteiger partial charge in [-0.15, -0.1) is 23.2 Å². The van der Waals surface area contributed by atoms with Crippen LogP contribution in [-0.2, 0) is 14.4 Å². The second kappa shape index (κ2) is 31.9. The highest BCUT2D eigenvalue weighted by molar-refractivity contribution is 6.43. The van der Waals surface area contributed by atoms with E-state index in [2.05, 4.69) is 65.9 Å². The largest absolute Gasteiger partial charge is 0.478 e. The van der Waals surface area contributed by atoms with E-state index in [1.807, 2.05) is 146 Å². The van der Waals surface area contributed by atoms with Gasteiger partial charge in [-0.05, 0) is 130 Å². The number of anilines is 6. The van der Waals surface area contributed by atoms with Crippen LogP contribution in [0.5, 0.6) is 0 Å². The lowest BCUT2D eigenvalue weighted by molar-refractivity contribution is -0.133. The maximum Gasteiger partial charge on any atom is 0.335 e. The van der Waals surface area contributed by atoms with Crippen LogP contribution in [0.2, 0.25) is 30.1 Å². The van der Waals surface area contributed by atoms with Crippen LogP contribution in [0.1, 0.15) is 74.8 Å². The first-order chi connectivity index (χ1) is 47.0. The van der Waals surface area contributed by atoms with Gasteiger partial charge in [0.1, 0.15) is 35.6 Å². The number of fused-ring (bicyclic) bond motifs is 3. The van der Waals surface area contributed by atoms with Crippen molar-refractivity contribution in [2.45, 2.75) is 58.2 Å². The predicted molar refractivity (Wildman–Crippen MR) is 390 cm³/mol. The summed E-state index contributed by atoms with van der Waals surface area (Å²) < 4.78 is 5.27. The minimum Gasteiger partial charge on any atom is -0.478 e. The zero-order valence-corrected chi connectivity index (χ0v) is 58.8. The number of nitrogens with one attached hydrogen (secondary N) is 4. The molecule has 3 atom stereocenters. The minimum absolute atomic E-state index is 0.0522. The topological polar surface area (TPSA) is 189 Å². The summed E-state index contributed by atoms with van der Waals surface area (Å²) in [4.78, 5) is 39.5. The molecule has 502 valence electrons. The molecule has 0 spiro atoms. The molecule has 27 heteroatoms. The highest BCUT2D eigenvalue weighted by Crippen LogP contribution is 2.43. The molecule has 3 aromatic heterocycles. The summed E-state index contributed by atoms with van der Waals surface area (Å²) >= 11 is 46.5. The summed E-state index contributed by atoms with van der Waals surface area (Å²) in [6.45, 7) is 10.7. The molecule has 97 heavy (non-hydrogen) atoms. The molecule has 0 saturated carbocycles. The number of carbonyl (C=O) groups excluding carboxylic acids is 2. The van der Waals surface area contributed by atoms with Gasteiger partial charge in [0.15, 0.2) is 0 Å². The number of hydrazine groups is 3. The number of aromatic nitrogens is 6. The Morgan fingerprint density at radius 3 is 1.10 bits per heavy atom. The number of hydrogen-bond donors (Lipinski definition) is 5. The Hall–Kier alpha value is -8.34. The van der Waals surface area contributed by atoms with Gasteiger partial charge in [0, 0.05) is 74.6 Å². The van der Waals surface area contributed by atoms with Crippen molar-refractivity contribution < 1.29 is 19.5 Å². The summed E-state index contributed by atoms with van der Waals surface area (Å²) in [7, 11) is 0. The molecule has 2 amide bonds. The zero-order valence-electron chi connectivity index (χ0n) is 52.7. The van der Waals surface area contributed by atoms with E-state index < -0.39 is 24.1 Å². The molecule has 0 radical (unpaired) electrons. The number of rotatable bonds is 9. The number of carboxylic acids is 1. The minimum atomic E-state index is -1.00. The van der Waals surface area contributed by atoms with Crippen molar-refractivity contribution in [1.82, 2.24) is 44.8 Å². The first kappa shape index (κ1) is 70.0. The smallest absolute Gasteiger partial charge is 0.335 e. The van der Waals surface area contributed by atoms with E-state index in [-0.39, 0.29) is 22.7 Å². The van der Waals surface area contributed by atoms with Crippen LogP contribution in [-0.4, -0.2) is 107 Å². The molecule has 15 rings (SSSR count). The number of amides is 2. The molecule has 0 aliphatic carbocycles. The summed E-state index contributed by atoms with van der Waals surface area (Å²) in [6.07, 6.45) is 8.12. The molecule has 19 nitrogen and oxygen atoms in total. The third-order valence-electron chi connectivity index (χ3n) is 16.8. The third kappa shape index (κ3) is 15.5. The lowest BCUT2D eigenvalue weighted by Gasteiger charge is -2.35. The predicted octanol–water partition coefficient (Wildman–Crippen LogP) is 16.7. The quantitative estimate of drug-likeness (QED) is 0.0858. The van der Waals surface area contributed by atoms with Gasteiger partial charge in [0.05, 0.1) is 87.8 Å². The number of para-hydroxylation sites is 3. The molecule has 9 aromatic rings. The molecule has 9 heterocycles. The van der Waals surface area contributed by atoms with Gasteiger partial charge in [0.2, 0.25) is 0 Å². The SMILES string of the molecule is CC1=C(C(=O)N2CCCN2c2ccccc2)C(c2ccc(Cl)c(Cl)c2)n2nccc2N1.CC1=C(C(=O)N2CCCN2c2ccccc2)C(c2ccc(Cl)c(Cl)c2)n2nccc2N1.CC1=C(C(=O)O)C(c2ccc(Cl)c(Cl)c2)n2nccc2N1.ClCCl.c1ccc(N2CCCN2)cc1. The fourth-order valence-corrected chi connectivity index (χ4v) is 13.4. The Bertz CT molecular complexity index is 4200. The summed E-state index contributed by atoms with van der Waals surface area (Å²) in [5.41, 5.74) is 12.7. The van der Waals surface area contributed by atoms with Crippen molar-refractivity contribution in [2.24, 2.45) is 0 Å². The average Bonchev–Trinajstić information content (AvgIpc) is 1.71. The number of benzene rings is 6. The maximum absolute atomic E-state index is 13.9. The first-order valence-corrected chi connectivity index (χ1v) is 34.4. The second-order valence-corrected chi connectivity index (χ2v) is 26.1. The summed E-state index contributed by atoms with van der Waals surface area (Å²) in [6, 6.07) is 50.6. The van der Waals surface area contributed by atoms with Crippen LogP contribution < -0.4 is 36.4 Å².